The Morgan fingerprint density at radius 3 is 2.73 bits per heavy atom. The van der Waals surface area contributed by atoms with E-state index in [1.807, 2.05) is 24.3 Å². The molecule has 2 aromatic carbocycles. The number of carbonyl (C=O) groups excluding carboxylic acids is 1. The van der Waals surface area contributed by atoms with Crippen LogP contribution in [0.4, 0.5) is 5.69 Å². The second kappa shape index (κ2) is 9.00. The molecule has 0 radical (unpaired) electrons. The largest absolute Gasteiger partial charge is 0.451 e. The lowest BCUT2D eigenvalue weighted by molar-refractivity contribution is 0.0976. The van der Waals surface area contributed by atoms with Crippen LogP contribution in [-0.2, 0) is 6.42 Å². The van der Waals surface area contributed by atoms with Gasteiger partial charge in [0.2, 0.25) is 0 Å². The fourth-order valence-electron chi connectivity index (χ4n) is 4.69. The van der Waals surface area contributed by atoms with E-state index < -0.39 is 5.91 Å². The second-order valence-electron chi connectivity index (χ2n) is 8.67. The number of fused-ring (bicyclic) bond motifs is 2. The number of aryl methyl sites for hydroxylation is 1. The summed E-state index contributed by atoms with van der Waals surface area (Å²) in [6, 6.07) is 15.8. The van der Waals surface area contributed by atoms with Crippen LogP contribution in [0.2, 0.25) is 0 Å². The minimum Gasteiger partial charge on any atom is -0.451 e. The van der Waals surface area contributed by atoms with Gasteiger partial charge in [-0.2, -0.15) is 5.26 Å². The highest BCUT2D eigenvalue weighted by molar-refractivity contribution is 5.95. The van der Waals surface area contributed by atoms with Gasteiger partial charge in [0.1, 0.15) is 5.58 Å². The minimum absolute atomic E-state index is 0.200. The number of aromatic amines is 1. The third kappa shape index (κ3) is 4.43. The summed E-state index contributed by atoms with van der Waals surface area (Å²) in [5.41, 5.74) is 10.2. The van der Waals surface area contributed by atoms with Crippen LogP contribution >= 0.6 is 0 Å². The maximum absolute atomic E-state index is 11.4. The van der Waals surface area contributed by atoms with Crippen LogP contribution in [0.1, 0.15) is 34.5 Å². The first kappa shape index (κ1) is 21.1. The number of nitrogens with two attached hydrogens (primary N) is 1. The molecule has 0 saturated carbocycles. The zero-order valence-corrected chi connectivity index (χ0v) is 18.5. The van der Waals surface area contributed by atoms with Crippen LogP contribution in [0.15, 0.2) is 53.1 Å². The van der Waals surface area contributed by atoms with Crippen LogP contribution < -0.4 is 10.6 Å². The molecule has 0 atom stereocenters. The van der Waals surface area contributed by atoms with E-state index in [1.54, 1.807) is 6.07 Å². The summed E-state index contributed by atoms with van der Waals surface area (Å²) in [4.78, 5) is 19.6. The van der Waals surface area contributed by atoms with Crippen molar-refractivity contribution in [3.63, 3.8) is 0 Å². The van der Waals surface area contributed by atoms with Gasteiger partial charge in [-0.1, -0.05) is 6.07 Å². The number of aromatic nitrogens is 1. The van der Waals surface area contributed by atoms with Gasteiger partial charge in [-0.15, -0.1) is 0 Å². The number of nitrogens with zero attached hydrogens (tertiary/aromatic N) is 3. The number of hydrogen-bond donors (Lipinski definition) is 2. The minimum atomic E-state index is -0.542. The van der Waals surface area contributed by atoms with Crippen LogP contribution in [-0.4, -0.2) is 48.5 Å². The van der Waals surface area contributed by atoms with Crippen molar-refractivity contribution in [2.75, 3.05) is 37.6 Å². The quantitative estimate of drug-likeness (QED) is 0.422. The number of rotatable bonds is 7. The third-order valence-electron chi connectivity index (χ3n) is 6.55. The van der Waals surface area contributed by atoms with Gasteiger partial charge in [0.15, 0.2) is 5.76 Å². The average Bonchev–Trinajstić information content (AvgIpc) is 3.45. The van der Waals surface area contributed by atoms with E-state index in [-0.39, 0.29) is 5.76 Å². The van der Waals surface area contributed by atoms with Gasteiger partial charge in [-0.25, -0.2) is 0 Å². The lowest BCUT2D eigenvalue weighted by atomic mass is 10.1. The Kier molecular flexibility index (Phi) is 5.76. The molecule has 0 bridgehead atoms. The normalized spacial score (nSPS) is 14.7. The Hall–Kier alpha value is -3.76. The second-order valence-corrected chi connectivity index (χ2v) is 8.67. The number of H-pyrrole nitrogens is 1. The average molecular weight is 442 g/mol. The molecule has 0 aliphatic carbocycles. The SMILES string of the molecule is N#Cc1ccc2c(CCCCN3CCN(c4ccc5oc(C(N)=O)cc5c4)CC3)c[nH]c2c1. The molecule has 7 nitrogen and oxygen atoms in total. The number of anilines is 1. The molecule has 168 valence electrons. The van der Waals surface area contributed by atoms with Crippen LogP contribution in [0.25, 0.3) is 21.9 Å². The lowest BCUT2D eigenvalue weighted by Gasteiger charge is -2.36. The highest BCUT2D eigenvalue weighted by Crippen LogP contribution is 2.26. The lowest BCUT2D eigenvalue weighted by Crippen LogP contribution is -2.46. The number of furan rings is 1. The van der Waals surface area contributed by atoms with Crippen molar-refractivity contribution in [1.29, 1.82) is 5.26 Å². The summed E-state index contributed by atoms with van der Waals surface area (Å²) in [7, 11) is 0. The third-order valence-corrected chi connectivity index (χ3v) is 6.55. The molecule has 1 aliphatic heterocycles. The molecule has 1 aliphatic rings. The fraction of sp³-hybridized carbons (Fsp3) is 0.308. The molecule has 0 spiro atoms. The summed E-state index contributed by atoms with van der Waals surface area (Å²) in [5.74, 6) is -0.342. The number of nitriles is 1. The summed E-state index contributed by atoms with van der Waals surface area (Å²) < 4.78 is 5.49. The number of primary amides is 1. The molecule has 1 amide bonds. The van der Waals surface area contributed by atoms with Gasteiger partial charge in [0.05, 0.1) is 11.6 Å². The molecule has 0 unspecified atom stereocenters. The van der Waals surface area contributed by atoms with Crippen molar-refractivity contribution < 1.29 is 9.21 Å². The van der Waals surface area contributed by atoms with Crippen molar-refractivity contribution in [3.8, 4) is 6.07 Å². The Bertz CT molecular complexity index is 1340. The van der Waals surface area contributed by atoms with E-state index in [2.05, 4.69) is 39.2 Å². The number of unbranched alkanes of at least 4 members (excludes halogenated alkanes) is 1. The van der Waals surface area contributed by atoms with Gasteiger partial charge >= 0.3 is 0 Å². The highest BCUT2D eigenvalue weighted by atomic mass is 16.3. The van der Waals surface area contributed by atoms with Gasteiger partial charge in [-0.05, 0) is 67.8 Å². The Morgan fingerprint density at radius 2 is 1.94 bits per heavy atom. The first-order chi connectivity index (χ1) is 16.1. The molecule has 7 heteroatoms. The van der Waals surface area contributed by atoms with E-state index >= 15 is 0 Å². The van der Waals surface area contributed by atoms with Crippen molar-refractivity contribution in [2.24, 2.45) is 5.73 Å². The number of benzene rings is 2. The smallest absolute Gasteiger partial charge is 0.284 e. The molecular formula is C26H27N5O2. The monoisotopic (exact) mass is 441 g/mol. The van der Waals surface area contributed by atoms with Crippen LogP contribution in [0.3, 0.4) is 0 Å². The zero-order valence-electron chi connectivity index (χ0n) is 18.5. The van der Waals surface area contributed by atoms with Crippen molar-refractivity contribution in [1.82, 2.24) is 9.88 Å². The van der Waals surface area contributed by atoms with E-state index in [0.29, 0.717) is 11.1 Å². The summed E-state index contributed by atoms with van der Waals surface area (Å²) >= 11 is 0. The maximum atomic E-state index is 11.4. The predicted molar refractivity (Wildman–Crippen MR) is 129 cm³/mol. The van der Waals surface area contributed by atoms with E-state index in [0.717, 1.165) is 62.2 Å². The predicted octanol–water partition coefficient (Wildman–Crippen LogP) is 4.03. The molecule has 1 fully saturated rings. The molecule has 4 aromatic rings. The van der Waals surface area contributed by atoms with E-state index in [1.165, 1.54) is 17.4 Å². The standard InChI is InChI=1S/C26H27N5O2/c27-16-18-4-6-22-19(17-29-23(22)13-18)3-1-2-8-30-9-11-31(12-10-30)21-5-7-24-20(14-21)15-25(33-24)26(28)32/h4-7,13-15,17,29H,1-3,8-12H2,(H2,28,32). The molecule has 33 heavy (non-hydrogen) atoms. The van der Waals surface area contributed by atoms with E-state index in [4.69, 9.17) is 15.4 Å². The Morgan fingerprint density at radius 1 is 1.09 bits per heavy atom. The number of hydrogen-bond acceptors (Lipinski definition) is 5. The van der Waals surface area contributed by atoms with Gasteiger partial charge < -0.3 is 20.0 Å². The summed E-state index contributed by atoms with van der Waals surface area (Å²) in [6.07, 6.45) is 5.43. The first-order valence-electron chi connectivity index (χ1n) is 11.4. The number of amides is 1. The number of nitrogens with one attached hydrogen (secondary N) is 1. The van der Waals surface area contributed by atoms with Gasteiger partial charge in [0.25, 0.3) is 5.91 Å². The topological polar surface area (TPSA) is 102 Å². The Balaban J connectivity index is 1.10. The van der Waals surface area contributed by atoms with Crippen molar-refractivity contribution in [3.05, 3.63) is 65.5 Å². The molecule has 2 aromatic heterocycles. The first-order valence-corrected chi connectivity index (χ1v) is 11.4. The molecular weight excluding hydrogens is 414 g/mol. The van der Waals surface area contributed by atoms with Gasteiger partial charge in [-0.3, -0.25) is 9.69 Å². The maximum Gasteiger partial charge on any atom is 0.284 e. The van der Waals surface area contributed by atoms with Crippen molar-refractivity contribution in [2.45, 2.75) is 19.3 Å². The highest BCUT2D eigenvalue weighted by Gasteiger charge is 2.18. The summed E-state index contributed by atoms with van der Waals surface area (Å²) in [5, 5.41) is 11.2. The molecule has 1 saturated heterocycles. The molecule has 3 N–H and O–H groups in total. The van der Waals surface area contributed by atoms with Crippen molar-refractivity contribution >= 4 is 33.5 Å². The molecule has 3 heterocycles. The van der Waals surface area contributed by atoms with Crippen LogP contribution in [0.5, 0.6) is 0 Å². The van der Waals surface area contributed by atoms with Crippen LogP contribution in [0, 0.1) is 11.3 Å². The molecule has 5 rings (SSSR count). The van der Waals surface area contributed by atoms with E-state index in [9.17, 15) is 4.79 Å². The number of carbonyl (C=O) groups is 1. The fourth-order valence-corrected chi connectivity index (χ4v) is 4.69. The van der Waals surface area contributed by atoms with Gasteiger partial charge in [0, 0.05) is 54.4 Å². The summed E-state index contributed by atoms with van der Waals surface area (Å²) in [6.45, 7) is 5.16. The zero-order chi connectivity index (χ0) is 22.8. The number of piperazine rings is 1. The Labute approximate surface area is 192 Å².